The summed E-state index contributed by atoms with van der Waals surface area (Å²) in [5.74, 6) is -1.40. The molecule has 0 bridgehead atoms. The van der Waals surface area contributed by atoms with E-state index in [-0.39, 0.29) is 11.5 Å². The van der Waals surface area contributed by atoms with Gasteiger partial charge in [0.05, 0.1) is 24.4 Å². The Morgan fingerprint density at radius 3 is 2.58 bits per heavy atom. The highest BCUT2D eigenvalue weighted by molar-refractivity contribution is 6.05. The Balaban J connectivity index is 1.83. The van der Waals surface area contributed by atoms with Crippen molar-refractivity contribution in [2.75, 3.05) is 25.6 Å². The molecule has 0 radical (unpaired) electrons. The first-order valence-corrected chi connectivity index (χ1v) is 9.84. The summed E-state index contributed by atoms with van der Waals surface area (Å²) in [4.78, 5) is 31.6. The topological polar surface area (TPSA) is 71.5 Å². The molecule has 0 saturated heterocycles. The number of carbonyl (C=O) groups is 2. The quantitative estimate of drug-likeness (QED) is 0.595. The van der Waals surface area contributed by atoms with Crippen LogP contribution in [0.15, 0.2) is 66.9 Å². The number of benzene rings is 2. The zero-order chi connectivity index (χ0) is 22.2. The lowest BCUT2D eigenvalue weighted by molar-refractivity contribution is 0.0677. The molecule has 6 nitrogen and oxygen atoms in total. The van der Waals surface area contributed by atoms with Crippen molar-refractivity contribution in [1.82, 2.24) is 9.88 Å². The van der Waals surface area contributed by atoms with Crippen molar-refractivity contribution >= 4 is 17.5 Å². The highest BCUT2D eigenvalue weighted by atomic mass is 19.1. The third-order valence-electron chi connectivity index (χ3n) is 4.78. The van der Waals surface area contributed by atoms with E-state index < -0.39 is 11.7 Å². The number of pyridine rings is 1. The molecular weight excluding hydrogens is 397 g/mol. The second-order valence-corrected chi connectivity index (χ2v) is 7.00. The number of halogens is 1. The van der Waals surface area contributed by atoms with Gasteiger partial charge >= 0.3 is 0 Å². The first-order chi connectivity index (χ1) is 15.0. The van der Waals surface area contributed by atoms with E-state index in [9.17, 15) is 14.0 Å². The fourth-order valence-electron chi connectivity index (χ4n) is 3.05. The van der Waals surface area contributed by atoms with Crippen molar-refractivity contribution in [3.05, 3.63) is 95.1 Å². The van der Waals surface area contributed by atoms with E-state index in [1.807, 2.05) is 25.1 Å². The van der Waals surface area contributed by atoms with Crippen LogP contribution in [0.2, 0.25) is 0 Å². The van der Waals surface area contributed by atoms with Crippen LogP contribution in [0.4, 0.5) is 10.1 Å². The minimum atomic E-state index is -0.606. The SMILES string of the molecule is COCCN(Cc1ccccn1)C(=O)c1ccc(C)c(NC(=O)c2ccccc2F)c1. The van der Waals surface area contributed by atoms with Crippen molar-refractivity contribution in [1.29, 1.82) is 0 Å². The van der Waals surface area contributed by atoms with Crippen LogP contribution >= 0.6 is 0 Å². The van der Waals surface area contributed by atoms with Gasteiger partial charge in [0.15, 0.2) is 0 Å². The molecule has 2 amide bonds. The van der Waals surface area contributed by atoms with Gasteiger partial charge in [-0.15, -0.1) is 0 Å². The van der Waals surface area contributed by atoms with Gasteiger partial charge in [-0.25, -0.2) is 4.39 Å². The lowest BCUT2D eigenvalue weighted by Gasteiger charge is -2.23. The fraction of sp³-hybridized carbons (Fsp3) is 0.208. The molecule has 7 heteroatoms. The Hall–Kier alpha value is -3.58. The number of rotatable bonds is 8. The fourth-order valence-corrected chi connectivity index (χ4v) is 3.05. The summed E-state index contributed by atoms with van der Waals surface area (Å²) < 4.78 is 19.1. The molecule has 0 spiro atoms. The molecule has 31 heavy (non-hydrogen) atoms. The minimum Gasteiger partial charge on any atom is -0.383 e. The van der Waals surface area contributed by atoms with Crippen molar-refractivity contribution in [2.24, 2.45) is 0 Å². The van der Waals surface area contributed by atoms with Gasteiger partial charge in [0, 0.05) is 31.1 Å². The van der Waals surface area contributed by atoms with Gasteiger partial charge in [-0.3, -0.25) is 14.6 Å². The summed E-state index contributed by atoms with van der Waals surface area (Å²) in [6, 6.07) is 16.3. The molecule has 3 aromatic rings. The van der Waals surface area contributed by atoms with Crippen molar-refractivity contribution in [3.8, 4) is 0 Å². The number of amides is 2. The van der Waals surface area contributed by atoms with E-state index >= 15 is 0 Å². The van der Waals surface area contributed by atoms with Crippen LogP contribution in [-0.4, -0.2) is 42.0 Å². The maximum Gasteiger partial charge on any atom is 0.258 e. The Labute approximate surface area is 180 Å². The molecule has 0 atom stereocenters. The Bertz CT molecular complexity index is 1060. The molecule has 0 aliphatic carbocycles. The minimum absolute atomic E-state index is 0.0597. The third kappa shape index (κ3) is 5.73. The molecule has 1 N–H and O–H groups in total. The van der Waals surface area contributed by atoms with E-state index in [1.165, 1.54) is 18.2 Å². The number of hydrogen-bond donors (Lipinski definition) is 1. The van der Waals surface area contributed by atoms with Gasteiger partial charge < -0.3 is 15.0 Å². The monoisotopic (exact) mass is 421 g/mol. The zero-order valence-corrected chi connectivity index (χ0v) is 17.5. The summed E-state index contributed by atoms with van der Waals surface area (Å²) in [6.07, 6.45) is 1.68. The predicted molar refractivity (Wildman–Crippen MR) is 116 cm³/mol. The molecule has 0 aliphatic rings. The molecule has 0 aliphatic heterocycles. The molecule has 160 valence electrons. The standard InChI is InChI=1S/C24H24FN3O3/c1-17-10-11-18(15-22(17)27-23(29)20-8-3-4-9-21(20)25)24(30)28(13-14-31-2)16-19-7-5-6-12-26-19/h3-12,15H,13-14,16H2,1-2H3,(H,27,29). The Morgan fingerprint density at radius 2 is 1.87 bits per heavy atom. The first kappa shape index (κ1) is 22.1. The van der Waals surface area contributed by atoms with Crippen molar-refractivity contribution in [3.63, 3.8) is 0 Å². The molecular formula is C24H24FN3O3. The molecule has 0 fully saturated rings. The maximum atomic E-state index is 13.9. The molecule has 1 aromatic heterocycles. The van der Waals surface area contributed by atoms with Crippen LogP contribution in [0, 0.1) is 12.7 Å². The van der Waals surface area contributed by atoms with Gasteiger partial charge in [-0.2, -0.15) is 0 Å². The van der Waals surface area contributed by atoms with Gasteiger partial charge in [-0.1, -0.05) is 24.3 Å². The normalized spacial score (nSPS) is 10.5. The second kappa shape index (κ2) is 10.4. The predicted octanol–water partition coefficient (Wildman–Crippen LogP) is 4.07. The first-order valence-electron chi connectivity index (χ1n) is 9.84. The van der Waals surface area contributed by atoms with Crippen LogP contribution < -0.4 is 5.32 Å². The lowest BCUT2D eigenvalue weighted by Crippen LogP contribution is -2.33. The smallest absolute Gasteiger partial charge is 0.258 e. The van der Waals surface area contributed by atoms with Crippen LogP contribution in [-0.2, 0) is 11.3 Å². The highest BCUT2D eigenvalue weighted by Gasteiger charge is 2.19. The van der Waals surface area contributed by atoms with Crippen LogP contribution in [0.5, 0.6) is 0 Å². The molecule has 0 unspecified atom stereocenters. The van der Waals surface area contributed by atoms with E-state index in [0.29, 0.717) is 30.9 Å². The number of hydrogen-bond acceptors (Lipinski definition) is 4. The molecule has 3 rings (SSSR count). The number of nitrogens with one attached hydrogen (secondary N) is 1. The van der Waals surface area contributed by atoms with Crippen LogP contribution in [0.1, 0.15) is 32.0 Å². The highest BCUT2D eigenvalue weighted by Crippen LogP contribution is 2.20. The number of nitrogens with zero attached hydrogens (tertiary/aromatic N) is 2. The van der Waals surface area contributed by atoms with Gasteiger partial charge in [-0.05, 0) is 48.9 Å². The molecule has 0 saturated carbocycles. The number of aryl methyl sites for hydroxylation is 1. The van der Waals surface area contributed by atoms with Crippen LogP contribution in [0.25, 0.3) is 0 Å². The number of aromatic nitrogens is 1. The number of anilines is 1. The summed E-state index contributed by atoms with van der Waals surface area (Å²) in [5.41, 5.74) is 2.31. The maximum absolute atomic E-state index is 13.9. The third-order valence-corrected chi connectivity index (χ3v) is 4.78. The molecule has 2 aromatic carbocycles. The van der Waals surface area contributed by atoms with E-state index in [4.69, 9.17) is 4.74 Å². The Kier molecular flexibility index (Phi) is 7.45. The van der Waals surface area contributed by atoms with E-state index in [2.05, 4.69) is 10.3 Å². The summed E-state index contributed by atoms with van der Waals surface area (Å²) in [5, 5.41) is 2.71. The summed E-state index contributed by atoms with van der Waals surface area (Å²) in [7, 11) is 1.58. The average Bonchev–Trinajstić information content (AvgIpc) is 2.78. The lowest BCUT2D eigenvalue weighted by atomic mass is 10.1. The largest absolute Gasteiger partial charge is 0.383 e. The van der Waals surface area contributed by atoms with Gasteiger partial charge in [0.25, 0.3) is 11.8 Å². The number of ether oxygens (including phenoxy) is 1. The van der Waals surface area contributed by atoms with Crippen molar-refractivity contribution in [2.45, 2.75) is 13.5 Å². The number of carbonyl (C=O) groups excluding carboxylic acids is 2. The Morgan fingerprint density at radius 1 is 1.10 bits per heavy atom. The van der Waals surface area contributed by atoms with E-state index in [0.717, 1.165) is 11.3 Å². The summed E-state index contributed by atoms with van der Waals surface area (Å²) in [6.45, 7) is 2.90. The second-order valence-electron chi connectivity index (χ2n) is 7.00. The molecule has 1 heterocycles. The van der Waals surface area contributed by atoms with Gasteiger partial charge in [0.2, 0.25) is 0 Å². The summed E-state index contributed by atoms with van der Waals surface area (Å²) >= 11 is 0. The zero-order valence-electron chi connectivity index (χ0n) is 17.5. The van der Waals surface area contributed by atoms with Crippen molar-refractivity contribution < 1.29 is 18.7 Å². The average molecular weight is 421 g/mol. The van der Waals surface area contributed by atoms with Gasteiger partial charge in [0.1, 0.15) is 5.82 Å². The van der Waals surface area contributed by atoms with E-state index in [1.54, 1.807) is 42.5 Å². The van der Waals surface area contributed by atoms with Crippen LogP contribution in [0.3, 0.4) is 0 Å². The number of methoxy groups -OCH3 is 1.